The zero-order valence-corrected chi connectivity index (χ0v) is 14.0. The fourth-order valence-electron chi connectivity index (χ4n) is 2.64. The molecule has 0 saturated heterocycles. The highest BCUT2D eigenvalue weighted by atomic mass is 15.3. The van der Waals surface area contributed by atoms with Crippen molar-refractivity contribution in [3.63, 3.8) is 0 Å². The van der Waals surface area contributed by atoms with E-state index >= 15 is 0 Å². The molecule has 0 amide bonds. The Balaban J connectivity index is 2.38. The minimum absolute atomic E-state index is 0.0933. The smallest absolute Gasteiger partial charge is 0.148 e. The Labute approximate surface area is 128 Å². The molecule has 0 aliphatic heterocycles. The summed E-state index contributed by atoms with van der Waals surface area (Å²) in [4.78, 5) is 11.8. The molecule has 1 heterocycles. The van der Waals surface area contributed by atoms with E-state index in [1.165, 1.54) is 19.3 Å². The summed E-state index contributed by atoms with van der Waals surface area (Å²) < 4.78 is 0. The van der Waals surface area contributed by atoms with E-state index in [-0.39, 0.29) is 5.41 Å². The van der Waals surface area contributed by atoms with Gasteiger partial charge in [0, 0.05) is 24.1 Å². The van der Waals surface area contributed by atoms with Gasteiger partial charge in [-0.2, -0.15) is 0 Å². The summed E-state index contributed by atoms with van der Waals surface area (Å²) in [5, 5.41) is 0. The number of hydrazine groups is 1. The molecule has 0 radical (unpaired) electrons. The Morgan fingerprint density at radius 1 is 1.29 bits per heavy atom. The standard InChI is InChI=1S/C16H29N5/c1-6-21(10-12-8-7-9-12)14-11(2)13(20-17)18-15(19-14)16(3,4)5/h12H,6-10,17H2,1-5H3,(H,18,19,20). The van der Waals surface area contributed by atoms with Crippen molar-refractivity contribution in [1.82, 2.24) is 9.97 Å². The van der Waals surface area contributed by atoms with Crippen LogP contribution in [0.1, 0.15) is 58.3 Å². The fraction of sp³-hybridized carbons (Fsp3) is 0.750. The summed E-state index contributed by atoms with van der Waals surface area (Å²) >= 11 is 0. The largest absolute Gasteiger partial charge is 0.356 e. The number of anilines is 2. The highest BCUT2D eigenvalue weighted by Gasteiger charge is 2.25. The lowest BCUT2D eigenvalue weighted by Gasteiger charge is -2.34. The first-order chi connectivity index (χ1) is 9.86. The SMILES string of the molecule is CCN(CC1CCC1)c1nc(C(C)(C)C)nc(NN)c1C. The summed E-state index contributed by atoms with van der Waals surface area (Å²) in [5.41, 5.74) is 3.67. The second kappa shape index (κ2) is 6.18. The van der Waals surface area contributed by atoms with Gasteiger partial charge in [0.15, 0.2) is 0 Å². The van der Waals surface area contributed by atoms with Gasteiger partial charge in [0.25, 0.3) is 0 Å². The maximum absolute atomic E-state index is 5.65. The molecule has 1 saturated carbocycles. The second-order valence-corrected chi connectivity index (χ2v) is 7.07. The minimum atomic E-state index is -0.0933. The van der Waals surface area contributed by atoms with Gasteiger partial charge in [-0.25, -0.2) is 15.8 Å². The van der Waals surface area contributed by atoms with Crippen LogP contribution in [0.4, 0.5) is 11.6 Å². The first-order valence-electron chi connectivity index (χ1n) is 7.97. The molecular formula is C16H29N5. The Bertz CT molecular complexity index is 488. The number of nitrogens with one attached hydrogen (secondary N) is 1. The molecule has 1 aromatic heterocycles. The monoisotopic (exact) mass is 291 g/mol. The third-order valence-electron chi connectivity index (χ3n) is 4.31. The summed E-state index contributed by atoms with van der Waals surface area (Å²) in [6, 6.07) is 0. The van der Waals surface area contributed by atoms with Gasteiger partial charge in [0.1, 0.15) is 17.5 Å². The summed E-state index contributed by atoms with van der Waals surface area (Å²) in [6.07, 6.45) is 4.05. The van der Waals surface area contributed by atoms with Crippen LogP contribution in [0.5, 0.6) is 0 Å². The number of rotatable bonds is 5. The molecule has 1 fully saturated rings. The maximum Gasteiger partial charge on any atom is 0.148 e. The number of hydrogen-bond donors (Lipinski definition) is 2. The second-order valence-electron chi connectivity index (χ2n) is 7.07. The quantitative estimate of drug-likeness (QED) is 0.645. The van der Waals surface area contributed by atoms with Crippen molar-refractivity contribution < 1.29 is 0 Å². The van der Waals surface area contributed by atoms with Crippen LogP contribution in [0.15, 0.2) is 0 Å². The maximum atomic E-state index is 5.65. The van der Waals surface area contributed by atoms with Gasteiger partial charge in [-0.15, -0.1) is 0 Å². The van der Waals surface area contributed by atoms with E-state index in [0.717, 1.165) is 42.0 Å². The molecule has 0 spiro atoms. The molecule has 1 aromatic rings. The predicted molar refractivity (Wildman–Crippen MR) is 88.5 cm³/mol. The molecule has 2 rings (SSSR count). The highest BCUT2D eigenvalue weighted by molar-refractivity contribution is 5.58. The van der Waals surface area contributed by atoms with Crippen molar-refractivity contribution in [2.75, 3.05) is 23.4 Å². The van der Waals surface area contributed by atoms with Crippen molar-refractivity contribution in [1.29, 1.82) is 0 Å². The average Bonchev–Trinajstić information content (AvgIpc) is 2.37. The van der Waals surface area contributed by atoms with Crippen molar-refractivity contribution in [3.05, 3.63) is 11.4 Å². The summed E-state index contributed by atoms with van der Waals surface area (Å²) in [6.45, 7) is 12.7. The number of hydrogen-bond acceptors (Lipinski definition) is 5. The third-order valence-corrected chi connectivity index (χ3v) is 4.31. The van der Waals surface area contributed by atoms with E-state index in [2.05, 4.69) is 43.0 Å². The Kier molecular flexibility index (Phi) is 4.71. The molecule has 5 nitrogen and oxygen atoms in total. The van der Waals surface area contributed by atoms with E-state index in [1.807, 2.05) is 6.92 Å². The highest BCUT2D eigenvalue weighted by Crippen LogP contribution is 2.32. The van der Waals surface area contributed by atoms with E-state index < -0.39 is 0 Å². The molecule has 118 valence electrons. The Morgan fingerprint density at radius 3 is 2.38 bits per heavy atom. The van der Waals surface area contributed by atoms with Crippen LogP contribution in [0.3, 0.4) is 0 Å². The average molecular weight is 291 g/mol. The predicted octanol–water partition coefficient (Wildman–Crippen LogP) is 2.99. The third kappa shape index (κ3) is 3.46. The zero-order valence-electron chi connectivity index (χ0n) is 14.0. The van der Waals surface area contributed by atoms with Gasteiger partial charge < -0.3 is 10.3 Å². The van der Waals surface area contributed by atoms with E-state index in [4.69, 9.17) is 10.8 Å². The molecular weight excluding hydrogens is 262 g/mol. The first-order valence-corrected chi connectivity index (χ1v) is 7.97. The molecule has 0 bridgehead atoms. The van der Waals surface area contributed by atoms with E-state index in [0.29, 0.717) is 0 Å². The van der Waals surface area contributed by atoms with Gasteiger partial charge in [0.05, 0.1) is 0 Å². The van der Waals surface area contributed by atoms with Crippen molar-refractivity contribution >= 4 is 11.6 Å². The van der Waals surface area contributed by atoms with Crippen molar-refractivity contribution in [2.24, 2.45) is 11.8 Å². The van der Waals surface area contributed by atoms with Crippen LogP contribution in [-0.4, -0.2) is 23.1 Å². The summed E-state index contributed by atoms with van der Waals surface area (Å²) in [7, 11) is 0. The van der Waals surface area contributed by atoms with Crippen LogP contribution in [0.25, 0.3) is 0 Å². The van der Waals surface area contributed by atoms with Gasteiger partial charge in [0.2, 0.25) is 0 Å². The lowest BCUT2D eigenvalue weighted by Crippen LogP contribution is -2.34. The van der Waals surface area contributed by atoms with Gasteiger partial charge in [-0.1, -0.05) is 27.2 Å². The normalized spacial score (nSPS) is 15.7. The van der Waals surface area contributed by atoms with Crippen LogP contribution in [-0.2, 0) is 5.41 Å². The minimum Gasteiger partial charge on any atom is -0.356 e. The molecule has 0 unspecified atom stereocenters. The number of nitrogen functional groups attached to an aromatic ring is 1. The van der Waals surface area contributed by atoms with Gasteiger partial charge >= 0.3 is 0 Å². The molecule has 21 heavy (non-hydrogen) atoms. The Morgan fingerprint density at radius 2 is 1.95 bits per heavy atom. The molecule has 5 heteroatoms. The van der Waals surface area contributed by atoms with Crippen molar-refractivity contribution in [2.45, 2.75) is 59.3 Å². The lowest BCUT2D eigenvalue weighted by molar-refractivity contribution is 0.318. The number of nitrogens with zero attached hydrogens (tertiary/aromatic N) is 3. The first kappa shape index (κ1) is 16.0. The van der Waals surface area contributed by atoms with Crippen LogP contribution >= 0.6 is 0 Å². The van der Waals surface area contributed by atoms with E-state index in [1.54, 1.807) is 0 Å². The zero-order chi connectivity index (χ0) is 15.6. The Hall–Kier alpha value is -1.36. The number of aromatic nitrogens is 2. The van der Waals surface area contributed by atoms with Crippen LogP contribution < -0.4 is 16.2 Å². The molecule has 0 atom stereocenters. The molecule has 0 aromatic carbocycles. The van der Waals surface area contributed by atoms with Gasteiger partial charge in [-0.05, 0) is 32.6 Å². The number of nitrogens with two attached hydrogens (primary N) is 1. The lowest BCUT2D eigenvalue weighted by atomic mass is 9.85. The fourth-order valence-corrected chi connectivity index (χ4v) is 2.64. The molecule has 1 aliphatic rings. The summed E-state index contributed by atoms with van der Waals surface area (Å²) in [5.74, 6) is 9.06. The molecule has 1 aliphatic carbocycles. The van der Waals surface area contributed by atoms with Crippen LogP contribution in [0.2, 0.25) is 0 Å². The van der Waals surface area contributed by atoms with Crippen LogP contribution in [0, 0.1) is 12.8 Å². The van der Waals surface area contributed by atoms with E-state index in [9.17, 15) is 0 Å². The van der Waals surface area contributed by atoms with Crippen molar-refractivity contribution in [3.8, 4) is 0 Å². The molecule has 3 N–H and O–H groups in total. The van der Waals surface area contributed by atoms with Gasteiger partial charge in [-0.3, -0.25) is 0 Å². The topological polar surface area (TPSA) is 67.1 Å².